The first-order valence-corrected chi connectivity index (χ1v) is 10.1. The van der Waals surface area contributed by atoms with Crippen molar-refractivity contribution in [3.8, 4) is 0 Å². The monoisotopic (exact) mass is 421 g/mol. The molecule has 0 aliphatic carbocycles. The lowest BCUT2D eigenvalue weighted by Gasteiger charge is -2.32. The van der Waals surface area contributed by atoms with Gasteiger partial charge in [0.1, 0.15) is 0 Å². The van der Waals surface area contributed by atoms with Crippen LogP contribution in [0.15, 0.2) is 42.5 Å². The quantitative estimate of drug-likeness (QED) is 0.690. The van der Waals surface area contributed by atoms with Gasteiger partial charge in [-0.05, 0) is 49.2 Å². The van der Waals surface area contributed by atoms with Crippen LogP contribution in [0.5, 0.6) is 0 Å². The predicted octanol–water partition coefficient (Wildman–Crippen LogP) is 5.27. The molecule has 1 saturated heterocycles. The average Bonchev–Trinajstić information content (AvgIpc) is 2.68. The van der Waals surface area contributed by atoms with E-state index in [1.165, 1.54) is 5.56 Å². The summed E-state index contributed by atoms with van der Waals surface area (Å²) in [7, 11) is 0. The van der Waals surface area contributed by atoms with Gasteiger partial charge in [-0.15, -0.1) is 0 Å². The fourth-order valence-electron chi connectivity index (χ4n) is 3.31. The average molecular weight is 422 g/mol. The van der Waals surface area contributed by atoms with Gasteiger partial charge in [-0.3, -0.25) is 4.90 Å². The Balaban J connectivity index is 1.56. The molecule has 1 aliphatic heterocycles. The number of carbonyl (C=O) groups is 1. The maximum Gasteiger partial charge on any atom is 0.319 e. The Kier molecular flexibility index (Phi) is 7.18. The first-order valence-electron chi connectivity index (χ1n) is 9.38. The highest BCUT2D eigenvalue weighted by Crippen LogP contribution is 2.26. The third kappa shape index (κ3) is 5.39. The van der Waals surface area contributed by atoms with Crippen LogP contribution in [0.2, 0.25) is 10.0 Å². The minimum Gasteiger partial charge on any atom is -0.379 e. The molecule has 2 aromatic rings. The molecule has 2 amide bonds. The molecule has 0 radical (unpaired) electrons. The molecule has 2 aromatic carbocycles. The highest BCUT2D eigenvalue weighted by Gasteiger charge is 2.18. The molecule has 3 rings (SSSR count). The fraction of sp³-hybridized carbons (Fsp3) is 0.381. The molecule has 2 unspecified atom stereocenters. The van der Waals surface area contributed by atoms with Crippen molar-refractivity contribution < 1.29 is 9.53 Å². The molecule has 7 heteroatoms. The number of carbonyl (C=O) groups excluding carboxylic acids is 1. The summed E-state index contributed by atoms with van der Waals surface area (Å²) in [5.41, 5.74) is 2.77. The van der Waals surface area contributed by atoms with Crippen LogP contribution in [-0.2, 0) is 4.74 Å². The van der Waals surface area contributed by atoms with E-state index in [1.54, 1.807) is 12.1 Å². The minimum atomic E-state index is -0.285. The van der Waals surface area contributed by atoms with Crippen molar-refractivity contribution in [3.05, 3.63) is 63.6 Å². The molecule has 150 valence electrons. The topological polar surface area (TPSA) is 53.6 Å². The molecule has 5 nitrogen and oxygen atoms in total. The van der Waals surface area contributed by atoms with E-state index in [0.29, 0.717) is 16.1 Å². The maximum atomic E-state index is 12.3. The van der Waals surface area contributed by atoms with E-state index in [1.807, 2.05) is 25.1 Å². The Hall–Kier alpha value is -1.79. The number of hydrogen-bond donors (Lipinski definition) is 2. The molecule has 0 spiro atoms. The summed E-state index contributed by atoms with van der Waals surface area (Å²) < 4.78 is 5.41. The SMILES string of the molecule is CC(NC(=O)Nc1ccc(C(C)N2CCOCC2)cc1)c1ccc(Cl)cc1Cl. The zero-order valence-electron chi connectivity index (χ0n) is 16.0. The van der Waals surface area contributed by atoms with Crippen molar-refractivity contribution in [2.24, 2.45) is 0 Å². The van der Waals surface area contributed by atoms with Crippen LogP contribution in [-0.4, -0.2) is 37.2 Å². The largest absolute Gasteiger partial charge is 0.379 e. The van der Waals surface area contributed by atoms with Crippen LogP contribution in [0.25, 0.3) is 0 Å². The number of anilines is 1. The van der Waals surface area contributed by atoms with Crippen LogP contribution in [0.4, 0.5) is 10.5 Å². The normalized spacial score (nSPS) is 17.0. The summed E-state index contributed by atoms with van der Waals surface area (Å²) in [5.74, 6) is 0. The summed E-state index contributed by atoms with van der Waals surface area (Å²) in [6, 6.07) is 13.0. The van der Waals surface area contributed by atoms with Crippen LogP contribution in [0, 0.1) is 0 Å². The molecule has 2 atom stereocenters. The van der Waals surface area contributed by atoms with E-state index in [9.17, 15) is 4.79 Å². The van der Waals surface area contributed by atoms with E-state index < -0.39 is 0 Å². The predicted molar refractivity (Wildman–Crippen MR) is 114 cm³/mol. The van der Waals surface area contributed by atoms with Gasteiger partial charge in [0.15, 0.2) is 0 Å². The Morgan fingerprint density at radius 3 is 2.39 bits per heavy atom. The van der Waals surface area contributed by atoms with E-state index in [0.717, 1.165) is 37.6 Å². The van der Waals surface area contributed by atoms with E-state index in [2.05, 4.69) is 34.6 Å². The number of halogens is 2. The van der Waals surface area contributed by atoms with Crippen LogP contribution in [0.3, 0.4) is 0 Å². The van der Waals surface area contributed by atoms with Crippen molar-refractivity contribution in [1.29, 1.82) is 0 Å². The van der Waals surface area contributed by atoms with Gasteiger partial charge in [0.2, 0.25) is 0 Å². The number of amides is 2. The Morgan fingerprint density at radius 2 is 1.75 bits per heavy atom. The number of benzene rings is 2. The van der Waals surface area contributed by atoms with Gasteiger partial charge in [0.05, 0.1) is 19.3 Å². The van der Waals surface area contributed by atoms with Gasteiger partial charge < -0.3 is 15.4 Å². The number of nitrogens with one attached hydrogen (secondary N) is 2. The highest BCUT2D eigenvalue weighted by atomic mass is 35.5. The molecular weight excluding hydrogens is 397 g/mol. The Labute approximate surface area is 176 Å². The number of nitrogens with zero attached hydrogens (tertiary/aromatic N) is 1. The van der Waals surface area contributed by atoms with E-state index >= 15 is 0 Å². The third-order valence-corrected chi connectivity index (χ3v) is 5.58. The molecule has 1 fully saturated rings. The molecule has 0 bridgehead atoms. The second-order valence-electron chi connectivity index (χ2n) is 6.93. The van der Waals surface area contributed by atoms with Crippen molar-refractivity contribution in [2.45, 2.75) is 25.9 Å². The summed E-state index contributed by atoms with van der Waals surface area (Å²) in [4.78, 5) is 14.7. The van der Waals surface area contributed by atoms with E-state index in [4.69, 9.17) is 27.9 Å². The van der Waals surface area contributed by atoms with Crippen LogP contribution < -0.4 is 10.6 Å². The first-order chi connectivity index (χ1) is 13.4. The van der Waals surface area contributed by atoms with Gasteiger partial charge in [-0.1, -0.05) is 41.4 Å². The Bertz CT molecular complexity index is 808. The lowest BCUT2D eigenvalue weighted by atomic mass is 10.1. The lowest BCUT2D eigenvalue weighted by molar-refractivity contribution is 0.0198. The fourth-order valence-corrected chi connectivity index (χ4v) is 3.89. The number of morpholine rings is 1. The van der Waals surface area contributed by atoms with Gasteiger partial charge in [-0.2, -0.15) is 0 Å². The zero-order chi connectivity index (χ0) is 20.1. The first kappa shape index (κ1) is 20.9. The summed E-state index contributed by atoms with van der Waals surface area (Å²) in [6.07, 6.45) is 0. The van der Waals surface area contributed by atoms with Crippen LogP contribution in [0.1, 0.15) is 37.1 Å². The van der Waals surface area contributed by atoms with Gasteiger partial charge >= 0.3 is 6.03 Å². The van der Waals surface area contributed by atoms with Crippen molar-refractivity contribution in [3.63, 3.8) is 0 Å². The number of ether oxygens (including phenoxy) is 1. The van der Waals surface area contributed by atoms with Crippen LogP contribution >= 0.6 is 23.2 Å². The number of urea groups is 1. The summed E-state index contributed by atoms with van der Waals surface area (Å²) >= 11 is 12.1. The highest BCUT2D eigenvalue weighted by molar-refractivity contribution is 6.35. The van der Waals surface area contributed by atoms with Crippen molar-refractivity contribution in [2.75, 3.05) is 31.6 Å². The standard InChI is InChI=1S/C21H25Cl2N3O2/c1-14(19-8-5-17(22)13-20(19)23)24-21(27)25-18-6-3-16(4-7-18)15(2)26-9-11-28-12-10-26/h3-8,13-15H,9-12H2,1-2H3,(H2,24,25,27). The molecule has 0 saturated carbocycles. The smallest absolute Gasteiger partial charge is 0.319 e. The van der Waals surface area contributed by atoms with E-state index in [-0.39, 0.29) is 12.1 Å². The summed E-state index contributed by atoms with van der Waals surface area (Å²) in [6.45, 7) is 7.50. The van der Waals surface area contributed by atoms with Gasteiger partial charge in [0, 0.05) is 34.9 Å². The number of hydrogen-bond acceptors (Lipinski definition) is 3. The maximum absolute atomic E-state index is 12.3. The molecule has 2 N–H and O–H groups in total. The molecule has 1 aliphatic rings. The Morgan fingerprint density at radius 1 is 1.07 bits per heavy atom. The summed E-state index contributed by atoms with van der Waals surface area (Å²) in [5, 5.41) is 6.86. The molecule has 1 heterocycles. The van der Waals surface area contributed by atoms with Crippen molar-refractivity contribution in [1.82, 2.24) is 10.2 Å². The number of rotatable bonds is 5. The lowest BCUT2D eigenvalue weighted by Crippen LogP contribution is -2.38. The molecule has 0 aromatic heterocycles. The zero-order valence-corrected chi connectivity index (χ0v) is 17.6. The second kappa shape index (κ2) is 9.61. The second-order valence-corrected chi connectivity index (χ2v) is 7.78. The third-order valence-electron chi connectivity index (χ3n) is 5.02. The van der Waals surface area contributed by atoms with Gasteiger partial charge in [-0.25, -0.2) is 4.79 Å². The molecule has 28 heavy (non-hydrogen) atoms. The molecular formula is C21H25Cl2N3O2. The minimum absolute atomic E-state index is 0.245. The van der Waals surface area contributed by atoms with Gasteiger partial charge in [0.25, 0.3) is 0 Å². The van der Waals surface area contributed by atoms with Crippen molar-refractivity contribution >= 4 is 34.9 Å².